The number of benzene rings is 2. The van der Waals surface area contributed by atoms with E-state index in [4.69, 9.17) is 4.74 Å². The number of nitrogens with zero attached hydrogens (tertiary/aromatic N) is 1. The number of nitrogens with one attached hydrogen (secondary N) is 3. The summed E-state index contributed by atoms with van der Waals surface area (Å²) in [4.78, 5) is 27.6. The Balaban J connectivity index is 1.59. The molecule has 3 rings (SSSR count). The van der Waals surface area contributed by atoms with Gasteiger partial charge in [-0.1, -0.05) is 12.1 Å². The van der Waals surface area contributed by atoms with Gasteiger partial charge in [-0.2, -0.15) is 4.72 Å². The van der Waals surface area contributed by atoms with Crippen molar-refractivity contribution in [3.05, 3.63) is 78.6 Å². The molecule has 0 bridgehead atoms. The van der Waals surface area contributed by atoms with Crippen LogP contribution in [0.25, 0.3) is 0 Å². The van der Waals surface area contributed by atoms with Crippen molar-refractivity contribution in [2.45, 2.75) is 31.4 Å². The summed E-state index contributed by atoms with van der Waals surface area (Å²) in [6, 6.07) is 15.1. The van der Waals surface area contributed by atoms with E-state index in [0.29, 0.717) is 23.7 Å². The third-order valence-corrected chi connectivity index (χ3v) is 6.00. The number of carbonyl (C=O) groups excluding carboxylic acids is 2. The highest BCUT2D eigenvalue weighted by Gasteiger charge is 2.22. The standard InChI is InChI=1S/C23H24N4O5S/c1-16(27-33(30,31)22-10-8-19(9-11-22)25-17(2)28)23(29)26-20-6-3-7-21(13-20)32-15-18-5-4-12-24-14-18/h3-14,16,27H,15H2,1-2H3,(H,25,28)(H,26,29)/t16-/m0/s1. The van der Waals surface area contributed by atoms with Gasteiger partial charge in [0, 0.05) is 42.3 Å². The Labute approximate surface area is 192 Å². The van der Waals surface area contributed by atoms with Gasteiger partial charge < -0.3 is 15.4 Å². The fourth-order valence-corrected chi connectivity index (χ4v) is 4.04. The van der Waals surface area contributed by atoms with Crippen molar-refractivity contribution in [1.82, 2.24) is 9.71 Å². The summed E-state index contributed by atoms with van der Waals surface area (Å²) in [7, 11) is -3.94. The molecule has 0 spiro atoms. The number of amides is 2. The minimum Gasteiger partial charge on any atom is -0.489 e. The zero-order chi connectivity index (χ0) is 23.8. The number of ether oxygens (including phenoxy) is 1. The Morgan fingerprint density at radius 1 is 1.00 bits per heavy atom. The number of sulfonamides is 1. The second-order valence-corrected chi connectivity index (χ2v) is 8.93. The quantitative estimate of drug-likeness (QED) is 0.443. The van der Waals surface area contributed by atoms with Crippen molar-refractivity contribution in [1.29, 1.82) is 0 Å². The lowest BCUT2D eigenvalue weighted by Gasteiger charge is -2.15. The van der Waals surface area contributed by atoms with E-state index in [0.717, 1.165) is 5.56 Å². The van der Waals surface area contributed by atoms with E-state index in [-0.39, 0.29) is 10.8 Å². The van der Waals surface area contributed by atoms with E-state index in [1.54, 1.807) is 36.7 Å². The summed E-state index contributed by atoms with van der Waals surface area (Å²) in [6.07, 6.45) is 3.38. The molecule has 3 aromatic rings. The summed E-state index contributed by atoms with van der Waals surface area (Å²) in [6.45, 7) is 3.12. The molecule has 0 aliphatic carbocycles. The molecule has 1 heterocycles. The largest absolute Gasteiger partial charge is 0.489 e. The maximum Gasteiger partial charge on any atom is 0.242 e. The topological polar surface area (TPSA) is 126 Å². The van der Waals surface area contributed by atoms with Crippen LogP contribution in [0.3, 0.4) is 0 Å². The molecule has 0 saturated heterocycles. The van der Waals surface area contributed by atoms with Crippen molar-refractivity contribution in [3.63, 3.8) is 0 Å². The minimum absolute atomic E-state index is 0.0259. The van der Waals surface area contributed by atoms with Gasteiger partial charge in [0.2, 0.25) is 21.8 Å². The van der Waals surface area contributed by atoms with Crippen LogP contribution in [0, 0.1) is 0 Å². The molecule has 0 radical (unpaired) electrons. The number of pyridine rings is 1. The van der Waals surface area contributed by atoms with E-state index in [1.165, 1.54) is 38.1 Å². The molecule has 3 N–H and O–H groups in total. The van der Waals surface area contributed by atoms with Gasteiger partial charge >= 0.3 is 0 Å². The lowest BCUT2D eigenvalue weighted by atomic mass is 10.2. The van der Waals surface area contributed by atoms with Crippen LogP contribution in [0.15, 0.2) is 78.0 Å². The predicted molar refractivity (Wildman–Crippen MR) is 124 cm³/mol. The van der Waals surface area contributed by atoms with Gasteiger partial charge in [-0.15, -0.1) is 0 Å². The number of rotatable bonds is 9. The summed E-state index contributed by atoms with van der Waals surface area (Å²) >= 11 is 0. The van der Waals surface area contributed by atoms with Crippen LogP contribution >= 0.6 is 0 Å². The number of anilines is 2. The van der Waals surface area contributed by atoms with Crippen molar-refractivity contribution >= 4 is 33.2 Å². The minimum atomic E-state index is -3.94. The van der Waals surface area contributed by atoms with Crippen LogP contribution < -0.4 is 20.1 Å². The third kappa shape index (κ3) is 7.13. The van der Waals surface area contributed by atoms with Gasteiger partial charge in [0.1, 0.15) is 12.4 Å². The fraction of sp³-hybridized carbons (Fsp3) is 0.174. The lowest BCUT2D eigenvalue weighted by Crippen LogP contribution is -2.41. The molecular weight excluding hydrogens is 444 g/mol. The second kappa shape index (κ2) is 10.7. The second-order valence-electron chi connectivity index (χ2n) is 7.22. The molecule has 33 heavy (non-hydrogen) atoms. The molecule has 0 aliphatic heterocycles. The van der Waals surface area contributed by atoms with Crippen molar-refractivity contribution in [3.8, 4) is 5.75 Å². The first-order valence-corrected chi connectivity index (χ1v) is 11.5. The number of aromatic nitrogens is 1. The van der Waals surface area contributed by atoms with Crippen LogP contribution in [0.4, 0.5) is 11.4 Å². The van der Waals surface area contributed by atoms with Gasteiger partial charge in [-0.25, -0.2) is 8.42 Å². The molecular formula is C23H24N4O5S. The summed E-state index contributed by atoms with van der Waals surface area (Å²) in [5.74, 6) is -0.248. The molecule has 10 heteroatoms. The molecule has 0 fully saturated rings. The summed E-state index contributed by atoms with van der Waals surface area (Å²) in [5, 5.41) is 5.24. The monoisotopic (exact) mass is 468 g/mol. The Morgan fingerprint density at radius 2 is 1.76 bits per heavy atom. The highest BCUT2D eigenvalue weighted by Crippen LogP contribution is 2.19. The maximum atomic E-state index is 12.6. The lowest BCUT2D eigenvalue weighted by molar-refractivity contribution is -0.117. The van der Waals surface area contributed by atoms with Crippen LogP contribution in [0.2, 0.25) is 0 Å². The van der Waals surface area contributed by atoms with E-state index in [9.17, 15) is 18.0 Å². The Kier molecular flexibility index (Phi) is 7.75. The van der Waals surface area contributed by atoms with E-state index < -0.39 is 22.0 Å². The van der Waals surface area contributed by atoms with E-state index >= 15 is 0 Å². The molecule has 0 unspecified atom stereocenters. The van der Waals surface area contributed by atoms with Crippen LogP contribution in [0.5, 0.6) is 5.75 Å². The van der Waals surface area contributed by atoms with E-state index in [1.807, 2.05) is 12.1 Å². The van der Waals surface area contributed by atoms with Gasteiger partial charge in [0.15, 0.2) is 0 Å². The SMILES string of the molecule is CC(=O)Nc1ccc(S(=O)(=O)N[C@@H](C)C(=O)Nc2cccc(OCc3cccnc3)c2)cc1. The molecule has 172 valence electrons. The van der Waals surface area contributed by atoms with Crippen LogP contribution in [0.1, 0.15) is 19.4 Å². The van der Waals surface area contributed by atoms with Gasteiger partial charge in [0.05, 0.1) is 10.9 Å². The molecule has 0 saturated carbocycles. The Morgan fingerprint density at radius 3 is 2.42 bits per heavy atom. The molecule has 1 aromatic heterocycles. The molecule has 1 atom stereocenters. The number of carbonyl (C=O) groups is 2. The summed E-state index contributed by atoms with van der Waals surface area (Å²) in [5.41, 5.74) is 1.84. The normalized spacial score (nSPS) is 11.9. The first-order valence-electron chi connectivity index (χ1n) is 10.1. The van der Waals surface area contributed by atoms with Crippen molar-refractivity contribution in [2.24, 2.45) is 0 Å². The fourth-order valence-electron chi connectivity index (χ4n) is 2.84. The highest BCUT2D eigenvalue weighted by molar-refractivity contribution is 7.89. The van der Waals surface area contributed by atoms with Crippen molar-refractivity contribution < 1.29 is 22.7 Å². The average Bonchev–Trinajstić information content (AvgIpc) is 2.78. The zero-order valence-electron chi connectivity index (χ0n) is 18.1. The van der Waals surface area contributed by atoms with Gasteiger partial charge in [-0.3, -0.25) is 14.6 Å². The third-order valence-electron chi connectivity index (χ3n) is 4.44. The number of hydrogen-bond acceptors (Lipinski definition) is 6. The van der Waals surface area contributed by atoms with Gasteiger partial charge in [0.25, 0.3) is 0 Å². The highest BCUT2D eigenvalue weighted by atomic mass is 32.2. The van der Waals surface area contributed by atoms with Crippen LogP contribution in [-0.4, -0.2) is 31.3 Å². The number of hydrogen-bond donors (Lipinski definition) is 3. The average molecular weight is 469 g/mol. The Bertz CT molecular complexity index is 1220. The zero-order valence-corrected chi connectivity index (χ0v) is 18.9. The predicted octanol–water partition coefficient (Wildman–Crippen LogP) is 2.92. The smallest absolute Gasteiger partial charge is 0.242 e. The molecule has 2 aromatic carbocycles. The van der Waals surface area contributed by atoms with E-state index in [2.05, 4.69) is 20.3 Å². The van der Waals surface area contributed by atoms with Crippen LogP contribution in [-0.2, 0) is 26.2 Å². The maximum absolute atomic E-state index is 12.6. The molecule has 9 nitrogen and oxygen atoms in total. The van der Waals surface area contributed by atoms with Gasteiger partial charge in [-0.05, 0) is 49.4 Å². The first kappa shape index (κ1) is 23.9. The summed E-state index contributed by atoms with van der Waals surface area (Å²) < 4.78 is 33.3. The Hall–Kier alpha value is -3.76. The molecule has 2 amide bonds. The molecule has 0 aliphatic rings. The first-order chi connectivity index (χ1) is 15.7. The van der Waals surface area contributed by atoms with Crippen molar-refractivity contribution in [2.75, 3.05) is 10.6 Å².